The summed E-state index contributed by atoms with van der Waals surface area (Å²) < 4.78 is 26.6. The second-order valence-corrected chi connectivity index (χ2v) is 7.14. The largest absolute Gasteiger partial charge is 0.316 e. The minimum atomic E-state index is -3.21. The molecule has 0 spiro atoms. The van der Waals surface area contributed by atoms with Crippen molar-refractivity contribution in [1.29, 1.82) is 0 Å². The van der Waals surface area contributed by atoms with Gasteiger partial charge < -0.3 is 5.32 Å². The van der Waals surface area contributed by atoms with E-state index in [0.717, 1.165) is 24.0 Å². The van der Waals surface area contributed by atoms with Gasteiger partial charge in [0.1, 0.15) is 0 Å². The van der Waals surface area contributed by atoms with Gasteiger partial charge in [0.25, 0.3) is 0 Å². The van der Waals surface area contributed by atoms with Crippen LogP contribution in [0.2, 0.25) is 0 Å². The molecule has 0 aromatic heterocycles. The first kappa shape index (κ1) is 17.4. The van der Waals surface area contributed by atoms with Crippen molar-refractivity contribution in [1.82, 2.24) is 9.62 Å². The van der Waals surface area contributed by atoms with Crippen LogP contribution in [0.4, 0.5) is 0 Å². The van der Waals surface area contributed by atoms with Crippen molar-refractivity contribution in [3.63, 3.8) is 0 Å². The van der Waals surface area contributed by atoms with Crippen LogP contribution in [0.3, 0.4) is 0 Å². The zero-order valence-electron chi connectivity index (χ0n) is 12.0. The molecule has 1 atom stereocenters. The lowest BCUT2D eigenvalue weighted by atomic mass is 10.1. The molecule has 4 nitrogen and oxygen atoms in total. The van der Waals surface area contributed by atoms with Crippen molar-refractivity contribution in [2.45, 2.75) is 31.6 Å². The van der Waals surface area contributed by atoms with Gasteiger partial charge in [-0.15, -0.1) is 12.4 Å². The SMILES string of the molecule is CNC1CCCN(S(=O)(=O)Cc2ccccc2C)C1.Cl. The van der Waals surface area contributed by atoms with Gasteiger partial charge in [-0.2, -0.15) is 0 Å². The number of rotatable bonds is 4. The average Bonchev–Trinajstić information content (AvgIpc) is 2.41. The summed E-state index contributed by atoms with van der Waals surface area (Å²) in [5.41, 5.74) is 1.93. The van der Waals surface area contributed by atoms with Gasteiger partial charge in [-0.3, -0.25) is 0 Å². The number of hydrogen-bond acceptors (Lipinski definition) is 3. The Bertz CT molecular complexity index is 534. The normalized spacial score (nSPS) is 20.4. The van der Waals surface area contributed by atoms with E-state index in [1.807, 2.05) is 38.2 Å². The smallest absolute Gasteiger partial charge is 0.218 e. The number of hydrogen-bond donors (Lipinski definition) is 1. The molecule has 1 aliphatic rings. The molecule has 0 saturated carbocycles. The minimum absolute atomic E-state index is 0. The maximum atomic E-state index is 12.5. The number of nitrogens with one attached hydrogen (secondary N) is 1. The van der Waals surface area contributed by atoms with Crippen molar-refractivity contribution in [3.8, 4) is 0 Å². The monoisotopic (exact) mass is 318 g/mol. The molecule has 0 bridgehead atoms. The van der Waals surface area contributed by atoms with Gasteiger partial charge >= 0.3 is 0 Å². The maximum absolute atomic E-state index is 12.5. The average molecular weight is 319 g/mol. The van der Waals surface area contributed by atoms with Crippen molar-refractivity contribution in [2.75, 3.05) is 20.1 Å². The quantitative estimate of drug-likeness (QED) is 0.923. The fraction of sp³-hybridized carbons (Fsp3) is 0.571. The second kappa shape index (κ2) is 7.41. The zero-order chi connectivity index (χ0) is 13.9. The minimum Gasteiger partial charge on any atom is -0.316 e. The van der Waals surface area contributed by atoms with Crippen LogP contribution >= 0.6 is 12.4 Å². The summed E-state index contributed by atoms with van der Waals surface area (Å²) in [6.45, 7) is 3.19. The Morgan fingerprint density at radius 2 is 2.05 bits per heavy atom. The molecule has 114 valence electrons. The Labute approximate surface area is 128 Å². The Kier molecular flexibility index (Phi) is 6.45. The molecule has 1 fully saturated rings. The van der Waals surface area contributed by atoms with Crippen LogP contribution in [0.5, 0.6) is 0 Å². The highest BCUT2D eigenvalue weighted by Gasteiger charge is 2.28. The summed E-state index contributed by atoms with van der Waals surface area (Å²) in [7, 11) is -1.32. The van der Waals surface area contributed by atoms with Gasteiger partial charge in [-0.05, 0) is 37.9 Å². The van der Waals surface area contributed by atoms with Gasteiger partial charge in [-0.1, -0.05) is 24.3 Å². The lowest BCUT2D eigenvalue weighted by Gasteiger charge is -2.31. The maximum Gasteiger partial charge on any atom is 0.218 e. The van der Waals surface area contributed by atoms with E-state index in [1.165, 1.54) is 0 Å². The predicted octanol–water partition coefficient (Wildman–Crippen LogP) is 1.93. The number of benzene rings is 1. The van der Waals surface area contributed by atoms with E-state index < -0.39 is 10.0 Å². The Morgan fingerprint density at radius 3 is 2.70 bits per heavy atom. The van der Waals surface area contributed by atoms with E-state index in [9.17, 15) is 8.42 Å². The molecule has 1 N–H and O–H groups in total. The summed E-state index contributed by atoms with van der Waals surface area (Å²) in [5, 5.41) is 3.18. The molecular formula is C14H23ClN2O2S. The van der Waals surface area contributed by atoms with Gasteiger partial charge in [-0.25, -0.2) is 12.7 Å². The molecule has 1 aliphatic heterocycles. The summed E-state index contributed by atoms with van der Waals surface area (Å²) in [6, 6.07) is 7.96. The van der Waals surface area contributed by atoms with Crippen LogP contribution in [-0.2, 0) is 15.8 Å². The van der Waals surface area contributed by atoms with Crippen LogP contribution in [0.1, 0.15) is 24.0 Å². The first-order chi connectivity index (χ1) is 9.03. The van der Waals surface area contributed by atoms with Crippen molar-refractivity contribution in [2.24, 2.45) is 0 Å². The fourth-order valence-electron chi connectivity index (χ4n) is 2.49. The molecule has 2 rings (SSSR count). The molecule has 0 aliphatic carbocycles. The van der Waals surface area contributed by atoms with Gasteiger partial charge in [0.15, 0.2) is 0 Å². The number of halogens is 1. The lowest BCUT2D eigenvalue weighted by Crippen LogP contribution is -2.47. The standard InChI is InChI=1S/C14H22N2O2S.ClH/c1-12-6-3-4-7-13(12)11-19(17,18)16-9-5-8-14(10-16)15-2;/h3-4,6-7,14-15H,5,8-11H2,1-2H3;1H. The van der Waals surface area contributed by atoms with E-state index in [4.69, 9.17) is 0 Å². The van der Waals surface area contributed by atoms with E-state index in [0.29, 0.717) is 13.1 Å². The van der Waals surface area contributed by atoms with Crippen LogP contribution in [0, 0.1) is 6.92 Å². The van der Waals surface area contributed by atoms with Gasteiger partial charge in [0.2, 0.25) is 10.0 Å². The molecule has 1 aromatic carbocycles. The topological polar surface area (TPSA) is 49.4 Å². The molecule has 0 radical (unpaired) electrons. The highest BCUT2D eigenvalue weighted by Crippen LogP contribution is 2.19. The predicted molar refractivity (Wildman–Crippen MR) is 84.7 cm³/mol. The summed E-state index contributed by atoms with van der Waals surface area (Å²) in [5.74, 6) is 0.107. The zero-order valence-corrected chi connectivity index (χ0v) is 13.6. The molecule has 1 aromatic rings. The number of aryl methyl sites for hydroxylation is 1. The van der Waals surface area contributed by atoms with Crippen LogP contribution < -0.4 is 5.32 Å². The van der Waals surface area contributed by atoms with E-state index in [2.05, 4.69) is 5.32 Å². The second-order valence-electron chi connectivity index (χ2n) is 5.17. The van der Waals surface area contributed by atoms with Crippen molar-refractivity contribution in [3.05, 3.63) is 35.4 Å². The third kappa shape index (κ3) is 4.19. The fourth-order valence-corrected chi connectivity index (χ4v) is 4.20. The Hall–Kier alpha value is -0.620. The molecule has 20 heavy (non-hydrogen) atoms. The highest BCUT2D eigenvalue weighted by atomic mass is 35.5. The third-order valence-electron chi connectivity index (χ3n) is 3.78. The molecular weight excluding hydrogens is 296 g/mol. The molecule has 1 saturated heterocycles. The van der Waals surface area contributed by atoms with Crippen molar-refractivity contribution < 1.29 is 8.42 Å². The molecule has 1 unspecified atom stereocenters. The van der Waals surface area contributed by atoms with E-state index in [-0.39, 0.29) is 24.2 Å². The lowest BCUT2D eigenvalue weighted by molar-refractivity contribution is 0.292. The third-order valence-corrected chi connectivity index (χ3v) is 5.58. The van der Waals surface area contributed by atoms with Crippen LogP contribution in [0.25, 0.3) is 0 Å². The van der Waals surface area contributed by atoms with Crippen molar-refractivity contribution >= 4 is 22.4 Å². The summed E-state index contributed by atoms with van der Waals surface area (Å²) >= 11 is 0. The molecule has 1 heterocycles. The molecule has 0 amide bonds. The van der Waals surface area contributed by atoms with Crippen LogP contribution in [0.15, 0.2) is 24.3 Å². The summed E-state index contributed by atoms with van der Waals surface area (Å²) in [4.78, 5) is 0. The first-order valence-corrected chi connectivity index (χ1v) is 8.33. The number of nitrogens with zero attached hydrogens (tertiary/aromatic N) is 1. The van der Waals surface area contributed by atoms with E-state index in [1.54, 1.807) is 4.31 Å². The Balaban J connectivity index is 0.00000200. The number of likely N-dealkylation sites (N-methyl/N-ethyl adjacent to an activating group) is 1. The van der Waals surface area contributed by atoms with Gasteiger partial charge in [0.05, 0.1) is 5.75 Å². The number of piperidine rings is 1. The summed E-state index contributed by atoms with van der Waals surface area (Å²) in [6.07, 6.45) is 1.98. The first-order valence-electron chi connectivity index (χ1n) is 6.72. The van der Waals surface area contributed by atoms with E-state index >= 15 is 0 Å². The Morgan fingerprint density at radius 1 is 1.35 bits per heavy atom. The van der Waals surface area contributed by atoms with Crippen LogP contribution in [-0.4, -0.2) is 38.9 Å². The van der Waals surface area contributed by atoms with Gasteiger partial charge in [0, 0.05) is 19.1 Å². The number of sulfonamides is 1. The highest BCUT2D eigenvalue weighted by molar-refractivity contribution is 7.88. The molecule has 6 heteroatoms.